The summed E-state index contributed by atoms with van der Waals surface area (Å²) in [5.41, 5.74) is 4.99. The smallest absolute Gasteiger partial charge is 0.404 e. The minimum Gasteiger partial charge on any atom is -0.463 e. The summed E-state index contributed by atoms with van der Waals surface area (Å²) in [4.78, 5) is 20.0. The van der Waals surface area contributed by atoms with Gasteiger partial charge in [-0.25, -0.2) is 9.59 Å². The number of hydrogen-bond acceptors (Lipinski definition) is 4. The Morgan fingerprint density at radius 1 is 1.21 bits per heavy atom. The van der Waals surface area contributed by atoms with E-state index in [1.807, 2.05) is 0 Å². The molecule has 1 amide bonds. The summed E-state index contributed by atoms with van der Waals surface area (Å²) in [6.07, 6.45) is -0.711. The van der Waals surface area contributed by atoms with Crippen LogP contribution >= 0.6 is 0 Å². The van der Waals surface area contributed by atoms with Gasteiger partial charge in [0.1, 0.15) is 0 Å². The van der Waals surface area contributed by atoms with Gasteiger partial charge >= 0.3 is 12.1 Å². The van der Waals surface area contributed by atoms with Crippen molar-refractivity contribution in [3.8, 4) is 0 Å². The van der Waals surface area contributed by atoms with Crippen molar-refractivity contribution in [2.24, 2.45) is 5.73 Å². The molecule has 0 rings (SSSR count). The molecule has 0 spiro atoms. The van der Waals surface area contributed by atoms with Crippen LogP contribution < -0.4 is 5.73 Å². The Bertz CT molecular complexity index is 201. The molecule has 14 heavy (non-hydrogen) atoms. The van der Waals surface area contributed by atoms with Gasteiger partial charge in [0, 0.05) is 5.57 Å². The zero-order valence-corrected chi connectivity index (χ0v) is 8.83. The van der Waals surface area contributed by atoms with E-state index in [2.05, 4.69) is 21.8 Å². The van der Waals surface area contributed by atoms with E-state index >= 15 is 0 Å². The van der Waals surface area contributed by atoms with Gasteiger partial charge in [-0.2, -0.15) is 0 Å². The lowest BCUT2D eigenvalue weighted by molar-refractivity contribution is -0.138. The Morgan fingerprint density at radius 3 is 1.71 bits per heavy atom. The Labute approximate surface area is 83.9 Å². The van der Waals surface area contributed by atoms with Crippen LogP contribution in [0.3, 0.4) is 0 Å². The highest BCUT2D eigenvalue weighted by atomic mass is 16.5. The van der Waals surface area contributed by atoms with Gasteiger partial charge in [0.05, 0.1) is 13.2 Å². The summed E-state index contributed by atoms with van der Waals surface area (Å²) < 4.78 is 8.75. The van der Waals surface area contributed by atoms with Crippen molar-refractivity contribution >= 4 is 12.1 Å². The molecule has 0 aromatic rings. The topological polar surface area (TPSA) is 78.6 Å². The number of rotatable bonds is 3. The van der Waals surface area contributed by atoms with E-state index in [-0.39, 0.29) is 5.97 Å². The van der Waals surface area contributed by atoms with E-state index in [0.717, 1.165) is 0 Å². The molecule has 0 fully saturated rings. The first-order chi connectivity index (χ1) is 6.45. The standard InChI is InChI=1S/C6H10O2.C3H7NO2/c1-4-8-6(7)5(2)3;1-2-6-3(4)5/h2,4H2,1,3H3;2H2,1H3,(H2,4,5). The van der Waals surface area contributed by atoms with Crippen molar-refractivity contribution in [2.75, 3.05) is 13.2 Å². The predicted molar refractivity (Wildman–Crippen MR) is 52.7 cm³/mol. The SMILES string of the molecule is C=C(C)C(=O)OCC.CCOC(N)=O. The zero-order valence-electron chi connectivity index (χ0n) is 8.83. The maximum atomic E-state index is 10.4. The van der Waals surface area contributed by atoms with Crippen molar-refractivity contribution in [1.82, 2.24) is 0 Å². The summed E-state index contributed by atoms with van der Waals surface area (Å²) in [5.74, 6) is -0.312. The third-order valence-electron chi connectivity index (χ3n) is 0.910. The van der Waals surface area contributed by atoms with Gasteiger partial charge in [0.15, 0.2) is 0 Å². The monoisotopic (exact) mass is 203 g/mol. The number of ether oxygens (including phenoxy) is 2. The summed E-state index contributed by atoms with van der Waals surface area (Å²) in [6, 6.07) is 0. The van der Waals surface area contributed by atoms with Crippen molar-refractivity contribution in [2.45, 2.75) is 20.8 Å². The summed E-state index contributed by atoms with van der Waals surface area (Å²) in [7, 11) is 0. The molecule has 0 aromatic heterocycles. The average molecular weight is 203 g/mol. The molecule has 0 bridgehead atoms. The molecule has 0 aliphatic heterocycles. The Balaban J connectivity index is 0. The van der Waals surface area contributed by atoms with E-state index in [1.54, 1.807) is 20.8 Å². The maximum absolute atomic E-state index is 10.4. The van der Waals surface area contributed by atoms with E-state index in [9.17, 15) is 9.59 Å². The van der Waals surface area contributed by atoms with Gasteiger partial charge in [-0.15, -0.1) is 0 Å². The largest absolute Gasteiger partial charge is 0.463 e. The maximum Gasteiger partial charge on any atom is 0.404 e. The zero-order chi connectivity index (χ0) is 11.6. The molecular weight excluding hydrogens is 186 g/mol. The number of amides is 1. The van der Waals surface area contributed by atoms with Crippen LogP contribution in [0, 0.1) is 0 Å². The number of esters is 1. The van der Waals surface area contributed by atoms with E-state index in [0.29, 0.717) is 18.8 Å². The van der Waals surface area contributed by atoms with Crippen LogP contribution in [0.4, 0.5) is 4.79 Å². The molecule has 5 nitrogen and oxygen atoms in total. The molecule has 0 aliphatic carbocycles. The molecule has 0 saturated carbocycles. The van der Waals surface area contributed by atoms with Gasteiger partial charge < -0.3 is 15.2 Å². The van der Waals surface area contributed by atoms with E-state index in [4.69, 9.17) is 0 Å². The predicted octanol–water partition coefficient (Wildman–Crippen LogP) is 1.23. The van der Waals surface area contributed by atoms with Gasteiger partial charge in [0.2, 0.25) is 0 Å². The molecule has 2 N–H and O–H groups in total. The molecule has 0 aromatic carbocycles. The Kier molecular flexibility index (Phi) is 10.2. The highest BCUT2D eigenvalue weighted by molar-refractivity contribution is 5.86. The third kappa shape index (κ3) is 13.1. The molecule has 0 aliphatic rings. The molecule has 0 unspecified atom stereocenters. The van der Waals surface area contributed by atoms with Crippen LogP contribution in [0.15, 0.2) is 12.2 Å². The number of carbonyl (C=O) groups excluding carboxylic acids is 2. The first-order valence-electron chi connectivity index (χ1n) is 4.20. The summed E-state index contributed by atoms with van der Waals surface area (Å²) >= 11 is 0. The number of hydrogen-bond donors (Lipinski definition) is 1. The van der Waals surface area contributed by atoms with Gasteiger partial charge in [-0.3, -0.25) is 0 Å². The molecule has 0 saturated heterocycles. The van der Waals surface area contributed by atoms with Gasteiger partial charge in [0.25, 0.3) is 0 Å². The van der Waals surface area contributed by atoms with Crippen LogP contribution in [-0.2, 0) is 14.3 Å². The molecule has 5 heteroatoms. The second-order valence-corrected chi connectivity index (χ2v) is 2.25. The van der Waals surface area contributed by atoms with Crippen LogP contribution in [0.2, 0.25) is 0 Å². The van der Waals surface area contributed by atoms with Crippen molar-refractivity contribution in [1.29, 1.82) is 0 Å². The minimum absolute atomic E-state index is 0.312. The van der Waals surface area contributed by atoms with Gasteiger partial charge in [-0.1, -0.05) is 6.58 Å². The normalized spacial score (nSPS) is 7.93. The lowest BCUT2D eigenvalue weighted by Crippen LogP contribution is -2.11. The van der Waals surface area contributed by atoms with Crippen LogP contribution in [0.1, 0.15) is 20.8 Å². The van der Waals surface area contributed by atoms with Crippen LogP contribution in [0.5, 0.6) is 0 Å². The van der Waals surface area contributed by atoms with Crippen molar-refractivity contribution in [3.05, 3.63) is 12.2 Å². The van der Waals surface area contributed by atoms with Gasteiger partial charge in [-0.05, 0) is 20.8 Å². The minimum atomic E-state index is -0.711. The third-order valence-corrected chi connectivity index (χ3v) is 0.910. The van der Waals surface area contributed by atoms with E-state index in [1.165, 1.54) is 0 Å². The number of carbonyl (C=O) groups is 2. The Hall–Kier alpha value is -1.52. The Morgan fingerprint density at radius 2 is 1.64 bits per heavy atom. The second kappa shape index (κ2) is 9.57. The fraction of sp³-hybridized carbons (Fsp3) is 0.556. The fourth-order valence-electron chi connectivity index (χ4n) is 0.397. The molecule has 0 heterocycles. The summed E-state index contributed by atoms with van der Waals surface area (Å²) in [5, 5.41) is 0. The molecule has 0 radical (unpaired) electrons. The van der Waals surface area contributed by atoms with Crippen LogP contribution in [0.25, 0.3) is 0 Å². The van der Waals surface area contributed by atoms with Crippen molar-refractivity contribution in [3.63, 3.8) is 0 Å². The first kappa shape index (κ1) is 15.0. The number of nitrogens with two attached hydrogens (primary N) is 1. The first-order valence-corrected chi connectivity index (χ1v) is 4.20. The molecule has 82 valence electrons. The van der Waals surface area contributed by atoms with Crippen LogP contribution in [-0.4, -0.2) is 25.3 Å². The molecular formula is C9H17NO4. The highest BCUT2D eigenvalue weighted by Gasteiger charge is 1.98. The lowest BCUT2D eigenvalue weighted by Gasteiger charge is -1.96. The quantitative estimate of drug-likeness (QED) is 0.552. The fourth-order valence-corrected chi connectivity index (χ4v) is 0.397. The van der Waals surface area contributed by atoms with Crippen molar-refractivity contribution < 1.29 is 19.1 Å². The lowest BCUT2D eigenvalue weighted by atomic mass is 10.4. The molecule has 0 atom stereocenters. The average Bonchev–Trinajstić information content (AvgIpc) is 2.05. The second-order valence-electron chi connectivity index (χ2n) is 2.25. The number of primary amides is 1. The van der Waals surface area contributed by atoms with E-state index < -0.39 is 6.09 Å². The highest BCUT2D eigenvalue weighted by Crippen LogP contribution is 1.89. The summed E-state index contributed by atoms with van der Waals surface area (Å²) in [6.45, 7) is 9.26.